The Morgan fingerprint density at radius 2 is 1.89 bits per heavy atom. The first-order valence-corrected chi connectivity index (χ1v) is 8.61. The summed E-state index contributed by atoms with van der Waals surface area (Å²) < 4.78 is 0. The molecule has 1 saturated heterocycles. The number of hydrogen-bond acceptors (Lipinski definition) is 2. The van der Waals surface area contributed by atoms with E-state index in [0.29, 0.717) is 0 Å². The smallest absolute Gasteiger partial charge is 0 e. The molecule has 2 atom stereocenters. The minimum Gasteiger partial charge on any atom is -0.529 e. The largest absolute Gasteiger partial charge is 0.529 e. The second kappa shape index (κ2) is 11.8. The van der Waals surface area contributed by atoms with Gasteiger partial charge in [0.05, 0.1) is 0 Å². The van der Waals surface area contributed by atoms with Gasteiger partial charge in [0, 0.05) is 32.7 Å². The molecule has 1 aliphatic heterocycles. The van der Waals surface area contributed by atoms with Gasteiger partial charge in [-0.15, -0.1) is 0 Å². The quantitative estimate of drug-likeness (QED) is 0.676. The molecule has 103 valence electrons. The first-order valence-electron chi connectivity index (χ1n) is 6.97. The monoisotopic (exact) mass is 343 g/mol. The van der Waals surface area contributed by atoms with Crippen LogP contribution in [-0.2, 0) is 32.7 Å². The van der Waals surface area contributed by atoms with E-state index in [1.165, 1.54) is 31.2 Å². The molecule has 0 bridgehead atoms. The zero-order chi connectivity index (χ0) is 12.5. The number of allylic oxidation sites excluding steroid dienone is 1. The molecule has 0 N–H and O–H groups in total. The van der Waals surface area contributed by atoms with E-state index in [-0.39, 0.29) is 32.7 Å². The van der Waals surface area contributed by atoms with Crippen LogP contribution < -0.4 is 0 Å². The summed E-state index contributed by atoms with van der Waals surface area (Å²) in [4.78, 5) is 2.27. The molecule has 0 amide bonds. The maximum Gasteiger partial charge on any atom is 0 e. The van der Waals surface area contributed by atoms with Crippen molar-refractivity contribution >= 4 is 11.8 Å². The van der Waals surface area contributed by atoms with Crippen LogP contribution in [0.15, 0.2) is 12.3 Å². The van der Waals surface area contributed by atoms with E-state index in [1.807, 2.05) is 12.5 Å². The van der Waals surface area contributed by atoms with E-state index >= 15 is 0 Å². The zero-order valence-electron chi connectivity index (χ0n) is 12.3. The number of nitrogens with zero attached hydrogens (tertiary/aromatic N) is 1. The minimum atomic E-state index is 0. The summed E-state index contributed by atoms with van der Waals surface area (Å²) in [6.07, 6.45) is 16.9. The van der Waals surface area contributed by atoms with E-state index in [0.717, 1.165) is 6.42 Å². The van der Waals surface area contributed by atoms with Gasteiger partial charge >= 0.3 is 0 Å². The topological polar surface area (TPSA) is 3.24 Å². The van der Waals surface area contributed by atoms with Crippen LogP contribution >= 0.6 is 11.8 Å². The summed E-state index contributed by atoms with van der Waals surface area (Å²) in [5, 5.41) is 0. The molecule has 3 rings (SSSR count). The maximum atomic E-state index is 2.27. The molecule has 2 unspecified atom stereocenters. The molecule has 18 heavy (non-hydrogen) atoms. The van der Waals surface area contributed by atoms with Crippen molar-refractivity contribution in [3.63, 3.8) is 0 Å². The Hall–Kier alpha value is 0.994. The van der Waals surface area contributed by atoms with Crippen molar-refractivity contribution in [1.82, 2.24) is 4.90 Å². The normalized spacial score (nSPS) is 26.9. The Labute approximate surface area is 143 Å². The maximum absolute atomic E-state index is 2.27. The van der Waals surface area contributed by atoms with Crippen LogP contribution in [0.25, 0.3) is 0 Å². The Balaban J connectivity index is 0.000000271. The van der Waals surface area contributed by atoms with E-state index in [9.17, 15) is 0 Å². The number of fused-ring (bicyclic) bond motifs is 1. The molecular formula is C15H28NSY-. The third-order valence-electron chi connectivity index (χ3n) is 3.49. The Morgan fingerprint density at radius 3 is 2.17 bits per heavy atom. The number of likely N-dealkylation sites (tertiary alicyclic amines) is 1. The SMILES string of the molecule is C1CC2CC12.CCC=CN1[CH-]CCC1.CSC.[Y]. The van der Waals surface area contributed by atoms with Crippen molar-refractivity contribution in [2.75, 3.05) is 19.1 Å². The summed E-state index contributed by atoms with van der Waals surface area (Å²) in [6, 6.07) is 0. The summed E-state index contributed by atoms with van der Waals surface area (Å²) in [5.41, 5.74) is 0. The van der Waals surface area contributed by atoms with Gasteiger partial charge in [-0.2, -0.15) is 18.2 Å². The predicted octanol–water partition coefficient (Wildman–Crippen LogP) is 4.56. The van der Waals surface area contributed by atoms with Gasteiger partial charge in [-0.1, -0.05) is 19.4 Å². The van der Waals surface area contributed by atoms with Gasteiger partial charge in [-0.3, -0.25) is 0 Å². The van der Waals surface area contributed by atoms with Gasteiger partial charge in [-0.25, -0.2) is 6.54 Å². The molecular weight excluding hydrogens is 315 g/mol. The molecule has 3 aliphatic rings. The molecule has 2 saturated carbocycles. The van der Waals surface area contributed by atoms with Gasteiger partial charge in [-0.05, 0) is 62.8 Å². The van der Waals surface area contributed by atoms with E-state index < -0.39 is 0 Å². The van der Waals surface area contributed by atoms with Crippen molar-refractivity contribution < 1.29 is 32.7 Å². The second-order valence-electron chi connectivity index (χ2n) is 5.10. The van der Waals surface area contributed by atoms with Gasteiger partial charge in [0.1, 0.15) is 0 Å². The van der Waals surface area contributed by atoms with E-state index in [4.69, 9.17) is 0 Å². The molecule has 1 nitrogen and oxygen atoms in total. The van der Waals surface area contributed by atoms with Crippen molar-refractivity contribution in [3.05, 3.63) is 18.8 Å². The van der Waals surface area contributed by atoms with Crippen LogP contribution in [-0.4, -0.2) is 24.0 Å². The summed E-state index contributed by atoms with van der Waals surface area (Å²) in [7, 11) is 0. The fourth-order valence-corrected chi connectivity index (χ4v) is 2.18. The molecule has 0 aromatic carbocycles. The zero-order valence-corrected chi connectivity index (χ0v) is 15.9. The Kier molecular flexibility index (Phi) is 12.4. The van der Waals surface area contributed by atoms with Crippen molar-refractivity contribution in [2.24, 2.45) is 11.8 Å². The fourth-order valence-electron chi connectivity index (χ4n) is 2.18. The average molecular weight is 343 g/mol. The predicted molar refractivity (Wildman–Crippen MR) is 79.9 cm³/mol. The van der Waals surface area contributed by atoms with E-state index in [2.05, 4.69) is 30.6 Å². The molecule has 2 aliphatic carbocycles. The van der Waals surface area contributed by atoms with Crippen molar-refractivity contribution in [1.29, 1.82) is 0 Å². The molecule has 3 heteroatoms. The molecule has 0 aromatic heterocycles. The van der Waals surface area contributed by atoms with Gasteiger partial charge in [0.15, 0.2) is 0 Å². The molecule has 1 heterocycles. The van der Waals surface area contributed by atoms with Crippen molar-refractivity contribution in [3.8, 4) is 0 Å². The minimum absolute atomic E-state index is 0. The van der Waals surface area contributed by atoms with Gasteiger partial charge in [0.25, 0.3) is 0 Å². The summed E-state index contributed by atoms with van der Waals surface area (Å²) >= 11 is 1.75. The number of thioether (sulfide) groups is 1. The van der Waals surface area contributed by atoms with Crippen LogP contribution in [0.2, 0.25) is 0 Å². The van der Waals surface area contributed by atoms with E-state index in [1.54, 1.807) is 31.0 Å². The number of rotatable bonds is 2. The van der Waals surface area contributed by atoms with Gasteiger partial charge < -0.3 is 4.90 Å². The third kappa shape index (κ3) is 8.22. The standard InChI is InChI=1S/C8H14N.C5H8.C2H6S.Y/c1-2-3-6-9-7-4-5-8-9;1-2-5-3-4(1)5;1-3-2;/h3,6-7H,2,4-5,8H2,1H3;4-5H,1-3H2;1-2H3;/q-1;;;. The number of hydrogen-bond donors (Lipinski definition) is 0. The third-order valence-corrected chi connectivity index (χ3v) is 3.49. The molecule has 1 radical (unpaired) electrons. The fraction of sp³-hybridized carbons (Fsp3) is 0.800. The van der Waals surface area contributed by atoms with Crippen LogP contribution in [0.3, 0.4) is 0 Å². The molecule has 3 fully saturated rings. The average Bonchev–Trinajstić information content (AvgIpc) is 2.73. The van der Waals surface area contributed by atoms with Gasteiger partial charge in [0.2, 0.25) is 0 Å². The molecule has 0 spiro atoms. The first-order chi connectivity index (χ1) is 8.31. The summed E-state index contributed by atoms with van der Waals surface area (Å²) in [6.45, 7) is 5.63. The van der Waals surface area contributed by atoms with Crippen LogP contribution in [0.5, 0.6) is 0 Å². The van der Waals surface area contributed by atoms with Crippen LogP contribution in [0.4, 0.5) is 0 Å². The van der Waals surface area contributed by atoms with Crippen molar-refractivity contribution in [2.45, 2.75) is 45.4 Å². The van der Waals surface area contributed by atoms with Crippen LogP contribution in [0, 0.1) is 18.4 Å². The summed E-state index contributed by atoms with van der Waals surface area (Å²) in [5.74, 6) is 2.46. The Morgan fingerprint density at radius 1 is 1.28 bits per heavy atom. The second-order valence-corrected chi connectivity index (χ2v) is 5.91. The van der Waals surface area contributed by atoms with Crippen LogP contribution in [0.1, 0.15) is 45.4 Å². The first kappa shape index (κ1) is 19.0. The Bertz CT molecular complexity index is 203. The molecule has 0 aromatic rings.